The average molecular weight is 228 g/mol. The van der Waals surface area contributed by atoms with E-state index < -0.39 is 6.00 Å². The minimum atomic E-state index is -0.453. The molecule has 3 unspecified atom stereocenters. The van der Waals surface area contributed by atoms with E-state index in [1.165, 1.54) is 0 Å². The molecule has 0 aliphatic heterocycles. The summed E-state index contributed by atoms with van der Waals surface area (Å²) in [6.07, 6.45) is 0.866. The monoisotopic (exact) mass is 228 g/mol. The van der Waals surface area contributed by atoms with Crippen molar-refractivity contribution in [1.82, 2.24) is 0 Å². The standard InChI is InChI=1S/C12H25BO3/c1-7-10(15-8(2)3)11(12(13)14-6)16-9(4)5/h8-12H,7H2,1-6H3. The molecule has 0 saturated carbocycles. The Labute approximate surface area is 101 Å². The van der Waals surface area contributed by atoms with Gasteiger partial charge in [0.05, 0.1) is 18.3 Å². The highest BCUT2D eigenvalue weighted by Crippen LogP contribution is 2.16. The van der Waals surface area contributed by atoms with Crippen molar-refractivity contribution >= 4 is 7.85 Å². The van der Waals surface area contributed by atoms with E-state index in [0.717, 1.165) is 6.42 Å². The van der Waals surface area contributed by atoms with Gasteiger partial charge in [0.15, 0.2) is 0 Å². The Morgan fingerprint density at radius 2 is 1.50 bits per heavy atom. The fourth-order valence-corrected chi connectivity index (χ4v) is 1.58. The molecule has 0 fully saturated rings. The van der Waals surface area contributed by atoms with Crippen LogP contribution in [0.3, 0.4) is 0 Å². The van der Waals surface area contributed by atoms with Crippen LogP contribution in [0.2, 0.25) is 0 Å². The maximum Gasteiger partial charge on any atom is 0.112 e. The molecule has 0 N–H and O–H groups in total. The van der Waals surface area contributed by atoms with E-state index in [9.17, 15) is 0 Å². The fourth-order valence-electron chi connectivity index (χ4n) is 1.58. The number of methoxy groups -OCH3 is 1. The largest absolute Gasteiger partial charge is 0.389 e. The van der Waals surface area contributed by atoms with E-state index in [-0.39, 0.29) is 24.4 Å². The van der Waals surface area contributed by atoms with Gasteiger partial charge in [-0.1, -0.05) is 6.92 Å². The number of ether oxygens (including phenoxy) is 3. The second-order valence-corrected chi connectivity index (χ2v) is 4.48. The van der Waals surface area contributed by atoms with Crippen LogP contribution in [0, 0.1) is 0 Å². The zero-order valence-electron chi connectivity index (χ0n) is 11.4. The van der Waals surface area contributed by atoms with Crippen molar-refractivity contribution in [2.45, 2.75) is 71.5 Å². The molecule has 0 bridgehead atoms. The Morgan fingerprint density at radius 3 is 1.81 bits per heavy atom. The molecule has 2 radical (unpaired) electrons. The lowest BCUT2D eigenvalue weighted by atomic mass is 9.89. The van der Waals surface area contributed by atoms with Gasteiger partial charge in [0.2, 0.25) is 0 Å². The Balaban J connectivity index is 4.54. The summed E-state index contributed by atoms with van der Waals surface area (Å²) >= 11 is 0. The van der Waals surface area contributed by atoms with Crippen molar-refractivity contribution in [3.8, 4) is 0 Å². The van der Waals surface area contributed by atoms with E-state index in [1.54, 1.807) is 7.11 Å². The predicted molar refractivity (Wildman–Crippen MR) is 66.9 cm³/mol. The smallest absolute Gasteiger partial charge is 0.112 e. The van der Waals surface area contributed by atoms with Crippen LogP contribution in [0.5, 0.6) is 0 Å². The highest BCUT2D eigenvalue weighted by atomic mass is 16.6. The summed E-state index contributed by atoms with van der Waals surface area (Å²) in [6.45, 7) is 10.0. The molecule has 3 nitrogen and oxygen atoms in total. The van der Waals surface area contributed by atoms with Crippen LogP contribution in [0.25, 0.3) is 0 Å². The van der Waals surface area contributed by atoms with Crippen LogP contribution in [0.1, 0.15) is 41.0 Å². The third-order valence-corrected chi connectivity index (χ3v) is 2.24. The minimum absolute atomic E-state index is 0.0302. The molecule has 0 spiro atoms. The molecule has 0 aliphatic carbocycles. The van der Waals surface area contributed by atoms with Crippen molar-refractivity contribution in [3.63, 3.8) is 0 Å². The first-order valence-corrected chi connectivity index (χ1v) is 6.01. The molecule has 0 saturated heterocycles. The van der Waals surface area contributed by atoms with Crippen LogP contribution in [-0.2, 0) is 14.2 Å². The van der Waals surface area contributed by atoms with Crippen LogP contribution in [0.4, 0.5) is 0 Å². The predicted octanol–water partition coefficient (Wildman–Crippen LogP) is 2.12. The lowest BCUT2D eigenvalue weighted by Gasteiger charge is -2.33. The quantitative estimate of drug-likeness (QED) is 0.595. The van der Waals surface area contributed by atoms with Crippen LogP contribution in [0.15, 0.2) is 0 Å². The molecular weight excluding hydrogens is 203 g/mol. The van der Waals surface area contributed by atoms with E-state index in [0.29, 0.717) is 0 Å². The van der Waals surface area contributed by atoms with Crippen molar-refractivity contribution in [3.05, 3.63) is 0 Å². The molecule has 0 amide bonds. The van der Waals surface area contributed by atoms with Crippen LogP contribution >= 0.6 is 0 Å². The topological polar surface area (TPSA) is 27.7 Å². The molecule has 0 aromatic heterocycles. The normalized spacial score (nSPS) is 17.8. The first kappa shape index (κ1) is 15.9. The van der Waals surface area contributed by atoms with Crippen LogP contribution in [-0.4, -0.2) is 45.4 Å². The van der Waals surface area contributed by atoms with E-state index in [4.69, 9.17) is 22.1 Å². The minimum Gasteiger partial charge on any atom is -0.389 e. The van der Waals surface area contributed by atoms with Gasteiger partial charge in [0.25, 0.3) is 0 Å². The second-order valence-electron chi connectivity index (χ2n) is 4.48. The third kappa shape index (κ3) is 5.87. The number of hydrogen-bond acceptors (Lipinski definition) is 3. The molecule has 0 aromatic carbocycles. The summed E-state index contributed by atoms with van der Waals surface area (Å²) in [6, 6.07) is -0.453. The van der Waals surface area contributed by atoms with Gasteiger partial charge in [-0.25, -0.2) is 0 Å². The highest BCUT2D eigenvalue weighted by Gasteiger charge is 2.28. The molecule has 4 heteroatoms. The van der Waals surface area contributed by atoms with Crippen molar-refractivity contribution in [2.75, 3.05) is 7.11 Å². The number of hydrogen-bond donors (Lipinski definition) is 0. The summed E-state index contributed by atoms with van der Waals surface area (Å²) in [4.78, 5) is 0. The van der Waals surface area contributed by atoms with Gasteiger partial charge in [-0.15, -0.1) is 0 Å². The summed E-state index contributed by atoms with van der Waals surface area (Å²) in [5.41, 5.74) is 0. The van der Waals surface area contributed by atoms with Gasteiger partial charge in [0.1, 0.15) is 14.0 Å². The fraction of sp³-hybridized carbons (Fsp3) is 1.00. The Hall–Kier alpha value is -0.0551. The second kappa shape index (κ2) is 8.10. The van der Waals surface area contributed by atoms with Crippen LogP contribution < -0.4 is 0 Å². The summed E-state index contributed by atoms with van der Waals surface area (Å²) in [7, 11) is 7.48. The lowest BCUT2D eigenvalue weighted by molar-refractivity contribution is -0.140. The summed E-state index contributed by atoms with van der Waals surface area (Å²) in [5, 5.41) is 0. The van der Waals surface area contributed by atoms with Gasteiger partial charge in [-0.3, -0.25) is 0 Å². The van der Waals surface area contributed by atoms with Gasteiger partial charge in [-0.2, -0.15) is 0 Å². The molecule has 0 aromatic rings. The van der Waals surface area contributed by atoms with Gasteiger partial charge < -0.3 is 14.2 Å². The zero-order valence-corrected chi connectivity index (χ0v) is 11.4. The molecule has 16 heavy (non-hydrogen) atoms. The Bertz CT molecular complexity index is 174. The molecule has 94 valence electrons. The van der Waals surface area contributed by atoms with Crippen molar-refractivity contribution in [2.24, 2.45) is 0 Å². The maximum atomic E-state index is 5.89. The van der Waals surface area contributed by atoms with Crippen molar-refractivity contribution < 1.29 is 14.2 Å². The number of rotatable bonds is 8. The van der Waals surface area contributed by atoms with E-state index >= 15 is 0 Å². The molecular formula is C12H25BO3. The first-order valence-electron chi connectivity index (χ1n) is 6.01. The average Bonchev–Trinajstić information content (AvgIpc) is 2.21. The molecule has 0 heterocycles. The van der Waals surface area contributed by atoms with E-state index in [1.807, 2.05) is 27.7 Å². The maximum absolute atomic E-state index is 5.89. The van der Waals surface area contributed by atoms with Crippen molar-refractivity contribution in [1.29, 1.82) is 0 Å². The molecule has 3 atom stereocenters. The highest BCUT2D eigenvalue weighted by molar-refractivity contribution is 6.11. The van der Waals surface area contributed by atoms with Gasteiger partial charge in [-0.05, 0) is 34.1 Å². The lowest BCUT2D eigenvalue weighted by Crippen LogP contribution is -2.44. The summed E-state index contributed by atoms with van der Waals surface area (Å²) < 4.78 is 16.7. The SMILES string of the molecule is [B]C(OC)C(OC(C)C)C(CC)OC(C)C. The van der Waals surface area contributed by atoms with Gasteiger partial charge in [0, 0.05) is 13.1 Å². The van der Waals surface area contributed by atoms with Gasteiger partial charge >= 0.3 is 0 Å². The Morgan fingerprint density at radius 1 is 1.00 bits per heavy atom. The van der Waals surface area contributed by atoms with E-state index in [2.05, 4.69) is 6.92 Å². The first-order chi connectivity index (χ1) is 7.42. The summed E-state index contributed by atoms with van der Waals surface area (Å²) in [5.74, 6) is 0. The third-order valence-electron chi connectivity index (χ3n) is 2.24. The Kier molecular flexibility index (Phi) is 8.07. The zero-order chi connectivity index (χ0) is 12.7. The molecule has 0 aliphatic rings. The molecule has 0 rings (SSSR count).